The Hall–Kier alpha value is -2.18. The van der Waals surface area contributed by atoms with Crippen LogP contribution in [-0.2, 0) is 11.3 Å². The Morgan fingerprint density at radius 2 is 2.09 bits per heavy atom. The van der Waals surface area contributed by atoms with E-state index < -0.39 is 0 Å². The number of rotatable bonds is 6. The lowest BCUT2D eigenvalue weighted by Gasteiger charge is -2.08. The molecule has 0 fully saturated rings. The number of nitrogens with one attached hydrogen (secondary N) is 2. The summed E-state index contributed by atoms with van der Waals surface area (Å²) in [5, 5.41) is 6.78. The van der Waals surface area contributed by atoms with Crippen LogP contribution in [0.3, 0.4) is 0 Å². The van der Waals surface area contributed by atoms with Gasteiger partial charge in [0.1, 0.15) is 5.76 Å². The van der Waals surface area contributed by atoms with E-state index in [0.717, 1.165) is 26.7 Å². The van der Waals surface area contributed by atoms with Gasteiger partial charge in [-0.3, -0.25) is 4.79 Å². The number of furan rings is 1. The van der Waals surface area contributed by atoms with Crippen molar-refractivity contribution in [1.82, 2.24) is 15.6 Å². The van der Waals surface area contributed by atoms with E-state index >= 15 is 0 Å². The summed E-state index contributed by atoms with van der Waals surface area (Å²) in [6, 6.07) is 12.0. The summed E-state index contributed by atoms with van der Waals surface area (Å²) in [6.45, 7) is 4.66. The third-order valence-corrected chi connectivity index (χ3v) is 4.25. The van der Waals surface area contributed by atoms with E-state index in [9.17, 15) is 4.79 Å². The molecule has 0 radical (unpaired) electrons. The molecule has 0 spiro atoms. The highest BCUT2D eigenvalue weighted by atomic mass is 32.1. The highest BCUT2D eigenvalue weighted by Crippen LogP contribution is 2.30. The van der Waals surface area contributed by atoms with E-state index in [0.29, 0.717) is 6.54 Å². The Labute approximate surface area is 138 Å². The number of amides is 1. The molecule has 120 valence electrons. The highest BCUT2D eigenvalue weighted by molar-refractivity contribution is 7.21. The van der Waals surface area contributed by atoms with E-state index in [-0.39, 0.29) is 18.5 Å². The molecule has 3 aromatic rings. The van der Waals surface area contributed by atoms with Crippen LogP contribution in [0.1, 0.15) is 19.6 Å². The lowest BCUT2D eigenvalue weighted by atomic mass is 10.3. The van der Waals surface area contributed by atoms with Gasteiger partial charge < -0.3 is 15.1 Å². The summed E-state index contributed by atoms with van der Waals surface area (Å²) in [5.74, 6) is 1.53. The molecule has 0 unspecified atom stereocenters. The number of carbonyl (C=O) groups excluding carboxylic acids is 1. The fourth-order valence-electron chi connectivity index (χ4n) is 2.24. The van der Waals surface area contributed by atoms with Crippen LogP contribution in [0.2, 0.25) is 0 Å². The predicted molar refractivity (Wildman–Crippen MR) is 92.3 cm³/mol. The quantitative estimate of drug-likeness (QED) is 0.729. The first-order valence-electron chi connectivity index (χ1n) is 7.56. The van der Waals surface area contributed by atoms with E-state index in [1.165, 1.54) is 0 Å². The average Bonchev–Trinajstić information content (AvgIpc) is 3.12. The Morgan fingerprint density at radius 1 is 1.26 bits per heavy atom. The third kappa shape index (κ3) is 3.97. The number of fused-ring (bicyclic) bond motifs is 1. The molecule has 23 heavy (non-hydrogen) atoms. The molecule has 0 aliphatic heterocycles. The van der Waals surface area contributed by atoms with E-state index in [1.807, 2.05) is 44.2 Å². The number of aromatic nitrogens is 1. The third-order valence-electron chi connectivity index (χ3n) is 3.20. The van der Waals surface area contributed by atoms with Gasteiger partial charge in [0, 0.05) is 6.04 Å². The minimum absolute atomic E-state index is 0.0158. The summed E-state index contributed by atoms with van der Waals surface area (Å²) in [5.41, 5.74) is 0.980. The molecule has 6 heteroatoms. The molecule has 2 heterocycles. The first-order valence-corrected chi connectivity index (χ1v) is 8.38. The molecule has 0 atom stereocenters. The van der Waals surface area contributed by atoms with Crippen LogP contribution in [0, 0.1) is 0 Å². The van der Waals surface area contributed by atoms with E-state index in [4.69, 9.17) is 4.42 Å². The number of nitrogens with zero attached hydrogens (tertiary/aromatic N) is 1. The molecule has 2 aromatic heterocycles. The molecule has 1 aromatic carbocycles. The monoisotopic (exact) mass is 329 g/mol. The van der Waals surface area contributed by atoms with Gasteiger partial charge in [-0.2, -0.15) is 0 Å². The number of thiazole rings is 1. The molecule has 3 rings (SSSR count). The molecule has 2 N–H and O–H groups in total. The lowest BCUT2D eigenvalue weighted by Crippen LogP contribution is -2.37. The Balaban J connectivity index is 1.61. The van der Waals surface area contributed by atoms with Gasteiger partial charge in [0.2, 0.25) is 5.91 Å². The second-order valence-electron chi connectivity index (χ2n) is 5.58. The average molecular weight is 329 g/mol. The minimum Gasteiger partial charge on any atom is -0.457 e. The standard InChI is InChI=1S/C17H19N3O2S/c1-11(2)19-16(21)10-18-9-12-7-8-14(22-12)17-20-13-5-3-4-6-15(13)23-17/h3-8,11,18H,9-10H2,1-2H3,(H,19,21). The number of para-hydroxylation sites is 1. The van der Waals surface area contributed by atoms with Gasteiger partial charge in [-0.05, 0) is 38.1 Å². The highest BCUT2D eigenvalue weighted by Gasteiger charge is 2.10. The zero-order valence-electron chi connectivity index (χ0n) is 13.1. The van der Waals surface area contributed by atoms with E-state index in [2.05, 4.69) is 21.7 Å². The van der Waals surface area contributed by atoms with Crippen molar-refractivity contribution in [3.63, 3.8) is 0 Å². The number of benzene rings is 1. The van der Waals surface area contributed by atoms with Crippen molar-refractivity contribution < 1.29 is 9.21 Å². The maximum absolute atomic E-state index is 11.6. The summed E-state index contributed by atoms with van der Waals surface area (Å²) < 4.78 is 6.96. The van der Waals surface area contributed by atoms with Crippen molar-refractivity contribution in [2.45, 2.75) is 26.4 Å². The van der Waals surface area contributed by atoms with Crippen LogP contribution < -0.4 is 10.6 Å². The van der Waals surface area contributed by atoms with Gasteiger partial charge in [-0.15, -0.1) is 11.3 Å². The minimum atomic E-state index is -0.0158. The second-order valence-corrected chi connectivity index (χ2v) is 6.61. The van der Waals surface area contributed by atoms with Crippen molar-refractivity contribution in [2.24, 2.45) is 0 Å². The first-order chi connectivity index (χ1) is 11.1. The SMILES string of the molecule is CC(C)NC(=O)CNCc1ccc(-c2nc3ccccc3s2)o1. The maximum Gasteiger partial charge on any atom is 0.234 e. The predicted octanol–water partition coefficient (Wildman–Crippen LogP) is 3.17. The van der Waals surface area contributed by atoms with Crippen molar-refractivity contribution >= 4 is 27.5 Å². The molecule has 0 bridgehead atoms. The lowest BCUT2D eigenvalue weighted by molar-refractivity contribution is -0.120. The molecular weight excluding hydrogens is 310 g/mol. The van der Waals surface area contributed by atoms with Crippen molar-refractivity contribution in [3.8, 4) is 10.8 Å². The molecule has 1 amide bonds. The smallest absolute Gasteiger partial charge is 0.234 e. The van der Waals surface area contributed by atoms with Crippen LogP contribution in [0.4, 0.5) is 0 Å². The van der Waals surface area contributed by atoms with E-state index in [1.54, 1.807) is 11.3 Å². The molecule has 0 saturated carbocycles. The van der Waals surface area contributed by atoms with Crippen molar-refractivity contribution in [3.05, 3.63) is 42.2 Å². The normalized spacial score (nSPS) is 11.3. The summed E-state index contributed by atoms with van der Waals surface area (Å²) in [7, 11) is 0. The van der Waals surface area contributed by atoms with Crippen LogP contribution in [-0.4, -0.2) is 23.5 Å². The van der Waals surface area contributed by atoms with Crippen molar-refractivity contribution in [2.75, 3.05) is 6.54 Å². The van der Waals surface area contributed by atoms with Gasteiger partial charge in [0.25, 0.3) is 0 Å². The number of hydrogen-bond donors (Lipinski definition) is 2. The fourth-order valence-corrected chi connectivity index (χ4v) is 3.17. The molecule has 0 aliphatic rings. The molecule has 5 nitrogen and oxygen atoms in total. The van der Waals surface area contributed by atoms with Gasteiger partial charge in [0.05, 0.1) is 23.3 Å². The zero-order valence-corrected chi connectivity index (χ0v) is 13.9. The summed E-state index contributed by atoms with van der Waals surface area (Å²) in [6.07, 6.45) is 0. The largest absolute Gasteiger partial charge is 0.457 e. The Kier molecular flexibility index (Phi) is 4.73. The first kappa shape index (κ1) is 15.7. The maximum atomic E-state index is 11.6. The van der Waals surface area contributed by atoms with Gasteiger partial charge in [0.15, 0.2) is 10.8 Å². The molecular formula is C17H19N3O2S. The Morgan fingerprint density at radius 3 is 2.87 bits per heavy atom. The van der Waals surface area contributed by atoms with Crippen LogP contribution in [0.15, 0.2) is 40.8 Å². The number of carbonyl (C=O) groups is 1. The fraction of sp³-hybridized carbons (Fsp3) is 0.294. The van der Waals surface area contributed by atoms with Gasteiger partial charge in [-0.25, -0.2) is 4.98 Å². The summed E-state index contributed by atoms with van der Waals surface area (Å²) in [4.78, 5) is 16.1. The second kappa shape index (κ2) is 6.93. The zero-order chi connectivity index (χ0) is 16.2. The molecule has 0 aliphatic carbocycles. The number of hydrogen-bond acceptors (Lipinski definition) is 5. The molecule has 0 saturated heterocycles. The van der Waals surface area contributed by atoms with Gasteiger partial charge >= 0.3 is 0 Å². The Bertz CT molecular complexity index is 774. The topological polar surface area (TPSA) is 67.2 Å². The van der Waals surface area contributed by atoms with Crippen molar-refractivity contribution in [1.29, 1.82) is 0 Å². The van der Waals surface area contributed by atoms with Gasteiger partial charge in [-0.1, -0.05) is 12.1 Å². The summed E-state index contributed by atoms with van der Waals surface area (Å²) >= 11 is 1.61. The van der Waals surface area contributed by atoms with Crippen LogP contribution >= 0.6 is 11.3 Å². The van der Waals surface area contributed by atoms with Crippen LogP contribution in [0.25, 0.3) is 21.0 Å². The van der Waals surface area contributed by atoms with Crippen LogP contribution in [0.5, 0.6) is 0 Å².